The van der Waals surface area contributed by atoms with Gasteiger partial charge in [0.05, 0.1) is 10.9 Å². The Morgan fingerprint density at radius 2 is 1.86 bits per heavy atom. The molecule has 29 heavy (non-hydrogen) atoms. The molecule has 0 bridgehead atoms. The third kappa shape index (κ3) is 3.76. The lowest BCUT2D eigenvalue weighted by Crippen LogP contribution is -2.33. The lowest BCUT2D eigenvalue weighted by molar-refractivity contribution is -0.139. The summed E-state index contributed by atoms with van der Waals surface area (Å²) in [6.07, 6.45) is 3.73. The van der Waals surface area contributed by atoms with Crippen LogP contribution in [0.15, 0.2) is 53.3 Å². The number of hydrogen-bond acceptors (Lipinski definition) is 4. The number of aliphatic carboxylic acids is 1. The Bertz CT molecular complexity index is 1140. The lowest BCUT2D eigenvalue weighted by Gasteiger charge is -2.15. The molecule has 1 aliphatic heterocycles. The molecule has 3 aromatic rings. The molecule has 1 aliphatic rings. The fraction of sp³-hybridized carbons (Fsp3) is 0.273. The Balaban J connectivity index is 1.68. The van der Waals surface area contributed by atoms with Crippen LogP contribution < -0.4 is 10.9 Å². The predicted molar refractivity (Wildman–Crippen MR) is 108 cm³/mol. The Morgan fingerprint density at radius 3 is 2.62 bits per heavy atom. The molecule has 2 heterocycles. The summed E-state index contributed by atoms with van der Waals surface area (Å²) < 4.78 is 1.73. The number of fused-ring (bicyclic) bond motifs is 2. The number of nitrogens with zero attached hydrogens (tertiary/aromatic N) is 2. The highest BCUT2D eigenvalue weighted by molar-refractivity contribution is 5.99. The van der Waals surface area contributed by atoms with Gasteiger partial charge in [-0.25, -0.2) is 9.78 Å². The normalized spacial score (nSPS) is 14.6. The summed E-state index contributed by atoms with van der Waals surface area (Å²) in [4.78, 5) is 41.8. The molecule has 0 saturated heterocycles. The maximum absolute atomic E-state index is 12.8. The van der Waals surface area contributed by atoms with E-state index in [1.165, 1.54) is 6.07 Å². The number of nitrogens with one attached hydrogen (secondary N) is 1. The van der Waals surface area contributed by atoms with E-state index in [1.54, 1.807) is 47.0 Å². The monoisotopic (exact) mass is 391 g/mol. The van der Waals surface area contributed by atoms with Crippen LogP contribution in [0.1, 0.15) is 47.1 Å². The number of carboxylic acid groups (broad SMARTS) is 1. The molecule has 4 rings (SSSR count). The minimum absolute atomic E-state index is 0.0912. The third-order valence-electron chi connectivity index (χ3n) is 5.23. The maximum atomic E-state index is 12.8. The molecule has 1 amide bonds. The molecule has 1 atom stereocenters. The van der Waals surface area contributed by atoms with Gasteiger partial charge in [0.2, 0.25) is 0 Å². The van der Waals surface area contributed by atoms with Gasteiger partial charge in [0.25, 0.3) is 11.5 Å². The summed E-state index contributed by atoms with van der Waals surface area (Å²) in [5, 5.41) is 12.5. The molecule has 0 radical (unpaired) electrons. The van der Waals surface area contributed by atoms with Crippen molar-refractivity contribution in [3.63, 3.8) is 0 Å². The van der Waals surface area contributed by atoms with E-state index in [0.717, 1.165) is 31.5 Å². The molecule has 2 aromatic carbocycles. The summed E-state index contributed by atoms with van der Waals surface area (Å²) in [7, 11) is 0. The highest BCUT2D eigenvalue weighted by atomic mass is 16.4. The van der Waals surface area contributed by atoms with Crippen molar-refractivity contribution < 1.29 is 14.7 Å². The van der Waals surface area contributed by atoms with Crippen molar-refractivity contribution in [3.05, 3.63) is 75.8 Å². The average Bonchev–Trinajstić information content (AvgIpc) is 2.97. The van der Waals surface area contributed by atoms with Crippen molar-refractivity contribution in [2.45, 2.75) is 38.3 Å². The number of carbonyl (C=O) groups is 2. The van der Waals surface area contributed by atoms with Gasteiger partial charge >= 0.3 is 5.97 Å². The van der Waals surface area contributed by atoms with Gasteiger partial charge in [0.15, 0.2) is 6.04 Å². The SMILES string of the molecule is O=C(NC(C(=O)O)c1ccccc1)c1ccc2c(=O)n3c(nc2c1)CCCCC3. The van der Waals surface area contributed by atoms with Gasteiger partial charge in [0.1, 0.15) is 5.82 Å². The Hall–Kier alpha value is -3.48. The zero-order valence-corrected chi connectivity index (χ0v) is 15.8. The smallest absolute Gasteiger partial charge is 0.330 e. The van der Waals surface area contributed by atoms with Gasteiger partial charge in [0, 0.05) is 18.5 Å². The zero-order chi connectivity index (χ0) is 20.4. The summed E-state index contributed by atoms with van der Waals surface area (Å²) in [5.74, 6) is -0.933. The van der Waals surface area contributed by atoms with E-state index in [-0.39, 0.29) is 11.1 Å². The molecule has 1 aromatic heterocycles. The number of amides is 1. The zero-order valence-electron chi connectivity index (χ0n) is 15.8. The van der Waals surface area contributed by atoms with E-state index < -0.39 is 17.9 Å². The first-order valence-electron chi connectivity index (χ1n) is 9.66. The van der Waals surface area contributed by atoms with Gasteiger partial charge in [-0.3, -0.25) is 14.2 Å². The first-order chi connectivity index (χ1) is 14.0. The van der Waals surface area contributed by atoms with Gasteiger partial charge < -0.3 is 10.4 Å². The van der Waals surface area contributed by atoms with E-state index in [2.05, 4.69) is 10.3 Å². The number of aromatic nitrogens is 2. The summed E-state index contributed by atoms with van der Waals surface area (Å²) in [5.41, 5.74) is 1.12. The van der Waals surface area contributed by atoms with Crippen molar-refractivity contribution in [2.75, 3.05) is 0 Å². The van der Waals surface area contributed by atoms with Crippen molar-refractivity contribution in [1.29, 1.82) is 0 Å². The number of carboxylic acids is 1. The van der Waals surface area contributed by atoms with Crippen LogP contribution in [0.25, 0.3) is 10.9 Å². The van der Waals surface area contributed by atoms with Gasteiger partial charge in [-0.15, -0.1) is 0 Å². The van der Waals surface area contributed by atoms with Crippen molar-refractivity contribution in [1.82, 2.24) is 14.9 Å². The fourth-order valence-electron chi connectivity index (χ4n) is 3.71. The Kier molecular flexibility index (Phi) is 5.12. The quantitative estimate of drug-likeness (QED) is 0.712. The maximum Gasteiger partial charge on any atom is 0.330 e. The van der Waals surface area contributed by atoms with Crippen LogP contribution >= 0.6 is 0 Å². The fourth-order valence-corrected chi connectivity index (χ4v) is 3.71. The standard InChI is InChI=1S/C22H21N3O4/c26-20(24-19(22(28)29)14-7-3-1-4-8-14)15-10-11-16-17(13-15)23-18-9-5-2-6-12-25(18)21(16)27/h1,3-4,7-8,10-11,13,19H,2,5-6,9,12H2,(H,24,26)(H,28,29). The lowest BCUT2D eigenvalue weighted by atomic mass is 10.1. The molecule has 2 N–H and O–H groups in total. The van der Waals surface area contributed by atoms with Gasteiger partial charge in [-0.05, 0) is 36.6 Å². The second-order valence-corrected chi connectivity index (χ2v) is 7.18. The van der Waals surface area contributed by atoms with E-state index in [9.17, 15) is 19.5 Å². The molecule has 7 nitrogen and oxygen atoms in total. The van der Waals surface area contributed by atoms with Gasteiger partial charge in [-0.2, -0.15) is 0 Å². The predicted octanol–water partition coefficient (Wildman–Crippen LogP) is 2.68. The first kappa shape index (κ1) is 18.9. The average molecular weight is 391 g/mol. The van der Waals surface area contributed by atoms with E-state index in [1.807, 2.05) is 0 Å². The van der Waals surface area contributed by atoms with Crippen LogP contribution in [0, 0.1) is 0 Å². The van der Waals surface area contributed by atoms with Crippen molar-refractivity contribution in [3.8, 4) is 0 Å². The number of carbonyl (C=O) groups excluding carboxylic acids is 1. The van der Waals surface area contributed by atoms with Crippen LogP contribution in [0.3, 0.4) is 0 Å². The van der Waals surface area contributed by atoms with Crippen LogP contribution in [0.4, 0.5) is 0 Å². The molecule has 7 heteroatoms. The molecule has 148 valence electrons. The minimum Gasteiger partial charge on any atom is -0.479 e. The first-order valence-corrected chi connectivity index (χ1v) is 9.66. The summed E-state index contributed by atoms with van der Waals surface area (Å²) in [6, 6.07) is 12.0. The van der Waals surface area contributed by atoms with Crippen LogP contribution in [0.2, 0.25) is 0 Å². The Morgan fingerprint density at radius 1 is 1.07 bits per heavy atom. The van der Waals surface area contributed by atoms with Crippen molar-refractivity contribution >= 4 is 22.8 Å². The van der Waals surface area contributed by atoms with E-state index >= 15 is 0 Å². The molecule has 1 unspecified atom stereocenters. The molecule has 0 spiro atoms. The second kappa shape index (κ2) is 7.87. The highest BCUT2D eigenvalue weighted by Crippen LogP contribution is 2.18. The third-order valence-corrected chi connectivity index (χ3v) is 5.23. The number of hydrogen-bond donors (Lipinski definition) is 2. The Labute approximate surface area is 167 Å². The number of benzene rings is 2. The highest BCUT2D eigenvalue weighted by Gasteiger charge is 2.23. The summed E-state index contributed by atoms with van der Waals surface area (Å²) in [6.45, 7) is 0.663. The van der Waals surface area contributed by atoms with Crippen LogP contribution in [0.5, 0.6) is 0 Å². The van der Waals surface area contributed by atoms with Crippen molar-refractivity contribution in [2.24, 2.45) is 0 Å². The number of rotatable bonds is 4. The topological polar surface area (TPSA) is 101 Å². The van der Waals surface area contributed by atoms with Crippen LogP contribution in [-0.2, 0) is 17.8 Å². The molecular formula is C22H21N3O4. The largest absolute Gasteiger partial charge is 0.479 e. The van der Waals surface area contributed by atoms with Crippen LogP contribution in [-0.4, -0.2) is 26.5 Å². The number of aryl methyl sites for hydroxylation is 1. The minimum atomic E-state index is -1.16. The molecule has 0 aliphatic carbocycles. The molecular weight excluding hydrogens is 370 g/mol. The summed E-state index contributed by atoms with van der Waals surface area (Å²) >= 11 is 0. The van der Waals surface area contributed by atoms with Gasteiger partial charge in [-0.1, -0.05) is 36.8 Å². The second-order valence-electron chi connectivity index (χ2n) is 7.18. The molecule has 0 fully saturated rings. The van der Waals surface area contributed by atoms with E-state index in [0.29, 0.717) is 23.0 Å². The van der Waals surface area contributed by atoms with E-state index in [4.69, 9.17) is 0 Å². The molecule has 0 saturated carbocycles.